The lowest BCUT2D eigenvalue weighted by molar-refractivity contribution is -0.142. The number of aliphatic hydroxyl groups is 1. The number of carbonyl (C=O) groups is 2. The zero-order valence-corrected chi connectivity index (χ0v) is 11.7. The molecule has 1 rings (SSSR count). The summed E-state index contributed by atoms with van der Waals surface area (Å²) in [6.45, 7) is 3.07. The average Bonchev–Trinajstić information content (AvgIpc) is 2.45. The van der Waals surface area contributed by atoms with Gasteiger partial charge in [0.25, 0.3) is 5.91 Å². The Labute approximate surface area is 117 Å². The Morgan fingerprint density at radius 2 is 2.15 bits per heavy atom. The first-order chi connectivity index (χ1) is 9.51. The predicted octanol–water partition coefficient (Wildman–Crippen LogP) is 0.630. The van der Waals surface area contributed by atoms with Gasteiger partial charge in [-0.3, -0.25) is 4.79 Å². The van der Waals surface area contributed by atoms with Crippen LogP contribution in [0.4, 0.5) is 0 Å². The fourth-order valence-corrected chi connectivity index (χ4v) is 1.66. The van der Waals surface area contributed by atoms with Gasteiger partial charge in [0.05, 0.1) is 7.11 Å². The molecule has 0 aliphatic heterocycles. The summed E-state index contributed by atoms with van der Waals surface area (Å²) in [6.07, 6.45) is 0. The lowest BCUT2D eigenvalue weighted by Crippen LogP contribution is -2.39. The van der Waals surface area contributed by atoms with E-state index in [1.807, 2.05) is 0 Å². The molecular weight excluding hydrogens is 258 g/mol. The molecule has 5 nitrogen and oxygen atoms in total. The molecule has 0 spiro atoms. The quantitative estimate of drug-likeness (QED) is 0.626. The Morgan fingerprint density at radius 3 is 2.75 bits per heavy atom. The number of methoxy groups -OCH3 is 1. The molecular formula is C15H17NO4. The van der Waals surface area contributed by atoms with Crippen molar-refractivity contribution < 1.29 is 19.4 Å². The summed E-state index contributed by atoms with van der Waals surface area (Å²) in [5.74, 6) is 4.44. The lowest BCUT2D eigenvalue weighted by Gasteiger charge is -2.13. The highest BCUT2D eigenvalue weighted by atomic mass is 16.5. The lowest BCUT2D eigenvalue weighted by atomic mass is 10.0. The summed E-state index contributed by atoms with van der Waals surface area (Å²) in [5, 5.41) is 11.3. The molecule has 0 radical (unpaired) electrons. The van der Waals surface area contributed by atoms with Crippen molar-refractivity contribution in [2.45, 2.75) is 19.9 Å². The Balaban J connectivity index is 2.97. The van der Waals surface area contributed by atoms with Crippen LogP contribution in [0.1, 0.15) is 28.4 Å². The Morgan fingerprint density at radius 1 is 1.45 bits per heavy atom. The number of carbonyl (C=O) groups excluding carboxylic acids is 2. The number of aliphatic hydroxyl groups excluding tert-OH is 1. The summed E-state index contributed by atoms with van der Waals surface area (Å²) in [7, 11) is 1.27. The number of rotatable bonds is 3. The molecule has 0 fully saturated rings. The zero-order chi connectivity index (χ0) is 15.1. The van der Waals surface area contributed by atoms with Crippen molar-refractivity contribution in [2.24, 2.45) is 0 Å². The molecule has 2 N–H and O–H groups in total. The van der Waals surface area contributed by atoms with E-state index >= 15 is 0 Å². The van der Waals surface area contributed by atoms with Crippen molar-refractivity contribution in [2.75, 3.05) is 13.7 Å². The van der Waals surface area contributed by atoms with E-state index in [9.17, 15) is 9.59 Å². The Kier molecular flexibility index (Phi) is 5.75. The van der Waals surface area contributed by atoms with Crippen LogP contribution in [-0.4, -0.2) is 36.7 Å². The Bertz CT molecular complexity index is 569. The van der Waals surface area contributed by atoms with Crippen LogP contribution >= 0.6 is 0 Å². The molecule has 0 saturated carbocycles. The van der Waals surface area contributed by atoms with Gasteiger partial charge in [-0.1, -0.05) is 17.9 Å². The third kappa shape index (κ3) is 3.84. The van der Waals surface area contributed by atoms with Crippen LogP contribution in [0.25, 0.3) is 0 Å². The predicted molar refractivity (Wildman–Crippen MR) is 74.1 cm³/mol. The maximum atomic E-state index is 12.1. The number of amides is 1. The summed E-state index contributed by atoms with van der Waals surface area (Å²) < 4.78 is 4.55. The molecule has 20 heavy (non-hydrogen) atoms. The van der Waals surface area contributed by atoms with Crippen LogP contribution in [0.2, 0.25) is 0 Å². The van der Waals surface area contributed by atoms with Crippen molar-refractivity contribution in [1.29, 1.82) is 0 Å². The van der Waals surface area contributed by atoms with E-state index in [4.69, 9.17) is 5.11 Å². The van der Waals surface area contributed by atoms with Crippen molar-refractivity contribution in [1.82, 2.24) is 5.32 Å². The maximum absolute atomic E-state index is 12.1. The number of esters is 1. The highest BCUT2D eigenvalue weighted by Gasteiger charge is 2.18. The number of hydrogen-bond acceptors (Lipinski definition) is 4. The minimum atomic E-state index is -0.723. The molecule has 0 saturated heterocycles. The van der Waals surface area contributed by atoms with Crippen molar-refractivity contribution >= 4 is 11.9 Å². The van der Waals surface area contributed by atoms with Crippen LogP contribution < -0.4 is 5.32 Å². The molecule has 106 valence electrons. The molecule has 0 aliphatic rings. The number of nitrogens with one attached hydrogen (secondary N) is 1. The topological polar surface area (TPSA) is 75.6 Å². The number of benzene rings is 1. The molecule has 0 aliphatic carbocycles. The van der Waals surface area contributed by atoms with E-state index in [-0.39, 0.29) is 12.5 Å². The van der Waals surface area contributed by atoms with Gasteiger partial charge in [-0.2, -0.15) is 0 Å². The summed E-state index contributed by atoms with van der Waals surface area (Å²) >= 11 is 0. The van der Waals surface area contributed by atoms with Gasteiger partial charge < -0.3 is 15.2 Å². The molecule has 1 aromatic rings. The second kappa shape index (κ2) is 7.31. The van der Waals surface area contributed by atoms with Crippen molar-refractivity contribution in [3.63, 3.8) is 0 Å². The van der Waals surface area contributed by atoms with Gasteiger partial charge in [-0.25, -0.2) is 4.79 Å². The van der Waals surface area contributed by atoms with Crippen LogP contribution in [0, 0.1) is 18.8 Å². The van der Waals surface area contributed by atoms with Crippen molar-refractivity contribution in [3.8, 4) is 11.8 Å². The third-order valence-corrected chi connectivity index (χ3v) is 2.78. The van der Waals surface area contributed by atoms with E-state index in [2.05, 4.69) is 21.9 Å². The SMILES string of the molecule is COC(=O)C(C)NC(=O)c1cccc(C#CCO)c1C. The molecule has 1 unspecified atom stereocenters. The third-order valence-electron chi connectivity index (χ3n) is 2.78. The van der Waals surface area contributed by atoms with Gasteiger partial charge in [0.1, 0.15) is 12.6 Å². The minimum Gasteiger partial charge on any atom is -0.467 e. The first-order valence-corrected chi connectivity index (χ1v) is 6.09. The van der Waals surface area contributed by atoms with E-state index in [0.29, 0.717) is 16.7 Å². The molecule has 0 aromatic heterocycles. The van der Waals surface area contributed by atoms with Gasteiger partial charge >= 0.3 is 5.97 Å². The first-order valence-electron chi connectivity index (χ1n) is 6.09. The number of ether oxygens (including phenoxy) is 1. The van der Waals surface area contributed by atoms with E-state index < -0.39 is 12.0 Å². The van der Waals surface area contributed by atoms with Crippen LogP contribution in [0.5, 0.6) is 0 Å². The van der Waals surface area contributed by atoms with Gasteiger partial charge in [0, 0.05) is 11.1 Å². The summed E-state index contributed by atoms with van der Waals surface area (Å²) in [6, 6.07) is 4.39. The number of hydrogen-bond donors (Lipinski definition) is 2. The molecule has 1 atom stereocenters. The summed E-state index contributed by atoms with van der Waals surface area (Å²) in [5.41, 5.74) is 1.80. The fourth-order valence-electron chi connectivity index (χ4n) is 1.66. The van der Waals surface area contributed by atoms with Gasteiger partial charge in [-0.05, 0) is 31.5 Å². The molecule has 1 amide bonds. The largest absolute Gasteiger partial charge is 0.467 e. The van der Waals surface area contributed by atoms with Gasteiger partial charge in [0.15, 0.2) is 0 Å². The first kappa shape index (κ1) is 15.7. The van der Waals surface area contributed by atoms with Gasteiger partial charge in [0.2, 0.25) is 0 Å². The minimum absolute atomic E-state index is 0.241. The van der Waals surface area contributed by atoms with E-state index in [1.54, 1.807) is 32.0 Å². The average molecular weight is 275 g/mol. The smallest absolute Gasteiger partial charge is 0.328 e. The monoisotopic (exact) mass is 275 g/mol. The maximum Gasteiger partial charge on any atom is 0.328 e. The molecule has 1 aromatic carbocycles. The summed E-state index contributed by atoms with van der Waals surface area (Å²) in [4.78, 5) is 23.4. The van der Waals surface area contributed by atoms with Crippen LogP contribution in [-0.2, 0) is 9.53 Å². The molecule has 0 bridgehead atoms. The van der Waals surface area contributed by atoms with Gasteiger partial charge in [-0.15, -0.1) is 0 Å². The zero-order valence-electron chi connectivity index (χ0n) is 11.7. The standard InChI is InChI=1S/C15H17NO4/c1-10-12(7-5-9-17)6-4-8-13(10)14(18)16-11(2)15(19)20-3/h4,6,8,11,17H,9H2,1-3H3,(H,16,18). The second-order valence-electron chi connectivity index (χ2n) is 4.16. The Hall–Kier alpha value is -2.32. The second-order valence-corrected chi connectivity index (χ2v) is 4.16. The molecule has 0 heterocycles. The highest BCUT2D eigenvalue weighted by molar-refractivity contribution is 5.98. The van der Waals surface area contributed by atoms with E-state index in [1.165, 1.54) is 7.11 Å². The van der Waals surface area contributed by atoms with Crippen LogP contribution in [0.3, 0.4) is 0 Å². The normalized spacial score (nSPS) is 11.0. The highest BCUT2D eigenvalue weighted by Crippen LogP contribution is 2.13. The molecule has 5 heteroatoms. The van der Waals surface area contributed by atoms with E-state index in [0.717, 1.165) is 0 Å². The van der Waals surface area contributed by atoms with Crippen LogP contribution in [0.15, 0.2) is 18.2 Å². The van der Waals surface area contributed by atoms with Crippen molar-refractivity contribution in [3.05, 3.63) is 34.9 Å². The fraction of sp³-hybridized carbons (Fsp3) is 0.333.